The molecule has 2 N–H and O–H groups in total. The summed E-state index contributed by atoms with van der Waals surface area (Å²) in [5.41, 5.74) is 1.94. The van der Waals surface area contributed by atoms with Crippen molar-refractivity contribution in [3.8, 4) is 0 Å². The van der Waals surface area contributed by atoms with Crippen molar-refractivity contribution < 1.29 is 28.9 Å². The molecule has 1 aliphatic heterocycles. The van der Waals surface area contributed by atoms with E-state index in [1.54, 1.807) is 6.92 Å². The average molecular weight is 363 g/mol. The molecule has 0 unspecified atom stereocenters. The lowest BCUT2D eigenvalue weighted by Gasteiger charge is -2.32. The summed E-state index contributed by atoms with van der Waals surface area (Å²) in [5.74, 6) is -2.74. The lowest BCUT2D eigenvalue weighted by molar-refractivity contribution is -0.184. The minimum Gasteiger partial charge on any atom is -0.458 e. The van der Waals surface area contributed by atoms with Crippen LogP contribution in [-0.4, -0.2) is 42.1 Å². The molecule has 6 nitrogen and oxygen atoms in total. The number of hydrogen-bond acceptors (Lipinski definition) is 5. The van der Waals surface area contributed by atoms with Gasteiger partial charge in [0.1, 0.15) is 12.2 Å². The first-order chi connectivity index (χ1) is 12.1. The molecular weight excluding hydrogens is 336 g/mol. The molecule has 0 bridgehead atoms. The Labute approximate surface area is 153 Å². The van der Waals surface area contributed by atoms with Crippen molar-refractivity contribution in [2.45, 2.75) is 50.6 Å². The Hall–Kier alpha value is -2.18. The molecule has 1 saturated heterocycles. The standard InChI is InChI=1S/C20H26O6/c1-11(2)18(21)25-15-7-12(3)9-20(23,24-6)10-13(4)8-16-17(15)14(5)19(22)26-16/h15-17,23H,1,3-5,7-10H2,2,6H3/p+1/t15-,16+,17+,20+/m0/s1. The third-order valence-electron chi connectivity index (χ3n) is 4.77. The number of rotatable bonds is 3. The summed E-state index contributed by atoms with van der Waals surface area (Å²) in [4.78, 5) is 24.2. The van der Waals surface area contributed by atoms with E-state index in [2.05, 4.69) is 26.3 Å². The van der Waals surface area contributed by atoms with Gasteiger partial charge in [-0.3, -0.25) is 0 Å². The van der Waals surface area contributed by atoms with E-state index in [0.717, 1.165) is 5.57 Å². The Morgan fingerprint density at radius 3 is 2.35 bits per heavy atom. The Morgan fingerprint density at radius 1 is 1.23 bits per heavy atom. The molecule has 1 saturated carbocycles. The summed E-state index contributed by atoms with van der Waals surface area (Å²) in [5, 5.41) is 8.49. The van der Waals surface area contributed by atoms with Crippen molar-refractivity contribution >= 4 is 11.9 Å². The zero-order valence-corrected chi connectivity index (χ0v) is 15.4. The molecule has 1 heterocycles. The minimum atomic E-state index is -1.20. The molecular formula is C20H27O6+. The smallest absolute Gasteiger partial charge is 0.334 e. The van der Waals surface area contributed by atoms with Crippen LogP contribution in [0.2, 0.25) is 0 Å². The predicted octanol–water partition coefficient (Wildman–Crippen LogP) is 2.33. The summed E-state index contributed by atoms with van der Waals surface area (Å²) in [6.45, 7) is 17.0. The Kier molecular flexibility index (Phi) is 5.88. The molecule has 1 aliphatic carbocycles. The Balaban J connectivity index is 2.39. The second-order valence-electron chi connectivity index (χ2n) is 7.18. The highest BCUT2D eigenvalue weighted by molar-refractivity contribution is 5.91. The van der Waals surface area contributed by atoms with Crippen LogP contribution in [-0.2, 0) is 23.8 Å². The lowest BCUT2D eigenvalue weighted by Crippen LogP contribution is -2.38. The third-order valence-corrected chi connectivity index (χ3v) is 4.77. The number of esters is 2. The molecule has 142 valence electrons. The molecule has 2 aliphatic rings. The van der Waals surface area contributed by atoms with Gasteiger partial charge in [-0.05, 0) is 6.92 Å². The highest BCUT2D eigenvalue weighted by atomic mass is 16.6. The molecule has 6 heteroatoms. The van der Waals surface area contributed by atoms with Crippen LogP contribution in [0.25, 0.3) is 0 Å². The zero-order chi connectivity index (χ0) is 19.6. The van der Waals surface area contributed by atoms with Gasteiger partial charge in [-0.15, -0.1) is 0 Å². The van der Waals surface area contributed by atoms with Crippen LogP contribution < -0.4 is 0 Å². The third kappa shape index (κ3) is 4.31. The van der Waals surface area contributed by atoms with Gasteiger partial charge in [-0.1, -0.05) is 37.5 Å². The second-order valence-corrected chi connectivity index (χ2v) is 7.18. The topological polar surface area (TPSA) is 84.7 Å². The maximum atomic E-state index is 12.1. The van der Waals surface area contributed by atoms with Gasteiger partial charge in [0.2, 0.25) is 0 Å². The summed E-state index contributed by atoms with van der Waals surface area (Å²) in [7, 11) is 1.47. The summed E-state index contributed by atoms with van der Waals surface area (Å²) in [6, 6.07) is 0. The monoisotopic (exact) mass is 363 g/mol. The molecule has 0 aromatic heterocycles. The van der Waals surface area contributed by atoms with E-state index in [1.165, 1.54) is 7.11 Å². The first kappa shape index (κ1) is 20.1. The molecule has 0 spiro atoms. The minimum absolute atomic E-state index is 0.260. The number of methoxy groups -OCH3 is 1. The number of ether oxygens (including phenoxy) is 3. The molecule has 0 radical (unpaired) electrons. The molecule has 0 amide bonds. The first-order valence-corrected chi connectivity index (χ1v) is 8.46. The van der Waals surface area contributed by atoms with Crippen LogP contribution in [0.15, 0.2) is 48.6 Å². The zero-order valence-electron chi connectivity index (χ0n) is 15.4. The fourth-order valence-electron chi connectivity index (χ4n) is 3.49. The fourth-order valence-corrected chi connectivity index (χ4v) is 3.49. The van der Waals surface area contributed by atoms with E-state index < -0.39 is 35.9 Å². The van der Waals surface area contributed by atoms with E-state index >= 15 is 0 Å². The van der Waals surface area contributed by atoms with Crippen LogP contribution in [0.1, 0.15) is 32.6 Å². The maximum Gasteiger partial charge on any atom is 0.334 e. The van der Waals surface area contributed by atoms with Crippen molar-refractivity contribution in [3.05, 3.63) is 48.6 Å². The van der Waals surface area contributed by atoms with E-state index in [4.69, 9.17) is 19.3 Å². The van der Waals surface area contributed by atoms with Gasteiger partial charge in [0.05, 0.1) is 18.8 Å². The largest absolute Gasteiger partial charge is 0.458 e. The number of carbonyl (C=O) groups is 2. The molecule has 0 aromatic carbocycles. The van der Waals surface area contributed by atoms with E-state index in [9.17, 15) is 9.59 Å². The molecule has 2 rings (SSSR count). The Morgan fingerprint density at radius 2 is 1.81 bits per heavy atom. The molecule has 2 fully saturated rings. The van der Waals surface area contributed by atoms with Crippen LogP contribution in [0.3, 0.4) is 0 Å². The van der Waals surface area contributed by atoms with Crippen molar-refractivity contribution in [1.29, 1.82) is 0 Å². The summed E-state index contributed by atoms with van der Waals surface area (Å²) in [6.07, 6.45) is -0.0201. The van der Waals surface area contributed by atoms with Gasteiger partial charge >= 0.3 is 11.9 Å². The normalized spacial score (nSPS) is 32.7. The van der Waals surface area contributed by atoms with Gasteiger partial charge < -0.3 is 19.3 Å². The van der Waals surface area contributed by atoms with Gasteiger partial charge in [-0.2, -0.15) is 0 Å². The Bertz CT molecular complexity index is 676. The van der Waals surface area contributed by atoms with Crippen LogP contribution in [0, 0.1) is 5.92 Å². The molecule has 26 heavy (non-hydrogen) atoms. The van der Waals surface area contributed by atoms with Gasteiger partial charge in [0.15, 0.2) is 0 Å². The van der Waals surface area contributed by atoms with Crippen LogP contribution in [0.4, 0.5) is 0 Å². The summed E-state index contributed by atoms with van der Waals surface area (Å²) >= 11 is 0. The summed E-state index contributed by atoms with van der Waals surface area (Å²) < 4.78 is 16.4. The van der Waals surface area contributed by atoms with Crippen molar-refractivity contribution in [2.24, 2.45) is 5.92 Å². The quantitative estimate of drug-likeness (QED) is 0.253. The number of fused-ring (bicyclic) bond motifs is 1. The van der Waals surface area contributed by atoms with Crippen molar-refractivity contribution in [3.63, 3.8) is 0 Å². The van der Waals surface area contributed by atoms with Crippen LogP contribution >= 0.6 is 0 Å². The van der Waals surface area contributed by atoms with Crippen molar-refractivity contribution in [1.82, 2.24) is 0 Å². The highest BCUT2D eigenvalue weighted by Gasteiger charge is 2.47. The predicted molar refractivity (Wildman–Crippen MR) is 97.3 cm³/mol. The first-order valence-electron chi connectivity index (χ1n) is 8.46. The second kappa shape index (κ2) is 7.60. The number of hydrogen-bond donors (Lipinski definition) is 0. The SMILES string of the molecule is C=C1C[C@H](OC(=O)C(=C)C)[C@H]2C(=C)C(=O)O[C@@H]2CC(=C)C[C@]([OH2+])(OC)C1. The van der Waals surface area contributed by atoms with Crippen molar-refractivity contribution in [2.75, 3.05) is 7.11 Å². The van der Waals surface area contributed by atoms with Gasteiger partial charge in [0, 0.05) is 31.1 Å². The van der Waals surface area contributed by atoms with Gasteiger partial charge in [-0.25, -0.2) is 9.59 Å². The van der Waals surface area contributed by atoms with Gasteiger partial charge in [0.25, 0.3) is 5.79 Å². The van der Waals surface area contributed by atoms with Crippen LogP contribution in [0.5, 0.6) is 0 Å². The lowest BCUT2D eigenvalue weighted by atomic mass is 9.81. The number of carbonyl (C=O) groups excluding carboxylic acids is 2. The maximum absolute atomic E-state index is 12.1. The van der Waals surface area contributed by atoms with E-state index in [-0.39, 0.29) is 24.0 Å². The average Bonchev–Trinajstić information content (AvgIpc) is 2.79. The molecule has 0 aromatic rings. The van der Waals surface area contributed by atoms with E-state index in [0.29, 0.717) is 18.4 Å². The molecule has 4 atom stereocenters. The highest BCUT2D eigenvalue weighted by Crippen LogP contribution is 2.40. The fraction of sp³-hybridized carbons (Fsp3) is 0.500. The van der Waals surface area contributed by atoms with E-state index in [1.807, 2.05) is 0 Å².